The molecule has 0 amide bonds. The van der Waals surface area contributed by atoms with Crippen LogP contribution in [-0.2, 0) is 9.53 Å². The molecule has 0 aliphatic rings. The number of carboxylic acids is 1. The molecule has 1 unspecified atom stereocenters. The summed E-state index contributed by atoms with van der Waals surface area (Å²) in [6.07, 6.45) is -1.17. The normalized spacial score (nSPS) is 13.2. The van der Waals surface area contributed by atoms with E-state index in [1.807, 2.05) is 68.5 Å². The third kappa shape index (κ3) is 3.98. The number of nitrogens with zero attached hydrogens (tertiary/aromatic N) is 3. The summed E-state index contributed by atoms with van der Waals surface area (Å²) >= 11 is 0. The van der Waals surface area contributed by atoms with Gasteiger partial charge in [-0.05, 0) is 56.9 Å². The maximum absolute atomic E-state index is 12.4. The van der Waals surface area contributed by atoms with Crippen molar-refractivity contribution >= 4 is 22.8 Å². The van der Waals surface area contributed by atoms with E-state index in [0.29, 0.717) is 23.0 Å². The minimum Gasteiger partial charge on any atom is -0.479 e. The second-order valence-corrected chi connectivity index (χ2v) is 9.42. The standard InChI is InChI=1S/C26H29N3O3/c1-15(2)17-11-13-18(14-12-17)22-21(23(24(30)31)32-26(4,5)6)16(3)27-25-28-19-9-7-8-10-20(19)29(22)25/h7-15,23H,1-6H3,(H,30,31). The van der Waals surface area contributed by atoms with E-state index >= 15 is 0 Å². The summed E-state index contributed by atoms with van der Waals surface area (Å²) in [5.41, 5.74) is 5.01. The largest absolute Gasteiger partial charge is 0.479 e. The van der Waals surface area contributed by atoms with E-state index in [2.05, 4.69) is 31.0 Å². The van der Waals surface area contributed by atoms with Crippen LogP contribution in [0.2, 0.25) is 0 Å². The van der Waals surface area contributed by atoms with Gasteiger partial charge in [-0.25, -0.2) is 14.8 Å². The van der Waals surface area contributed by atoms with Gasteiger partial charge < -0.3 is 9.84 Å². The van der Waals surface area contributed by atoms with Crippen molar-refractivity contribution in [3.05, 3.63) is 65.4 Å². The van der Waals surface area contributed by atoms with Crippen molar-refractivity contribution in [3.8, 4) is 11.3 Å². The zero-order valence-corrected chi connectivity index (χ0v) is 19.4. The number of benzene rings is 2. The number of hydrogen-bond acceptors (Lipinski definition) is 4. The fourth-order valence-electron chi connectivity index (χ4n) is 4.02. The first-order valence-electron chi connectivity index (χ1n) is 10.9. The predicted molar refractivity (Wildman–Crippen MR) is 126 cm³/mol. The highest BCUT2D eigenvalue weighted by Crippen LogP contribution is 2.37. The molecule has 0 spiro atoms. The molecule has 6 nitrogen and oxygen atoms in total. The molecular formula is C26H29N3O3. The zero-order chi connectivity index (χ0) is 23.2. The lowest BCUT2D eigenvalue weighted by Gasteiger charge is -2.28. The molecule has 0 fully saturated rings. The van der Waals surface area contributed by atoms with E-state index in [-0.39, 0.29) is 0 Å². The fraction of sp³-hybridized carbons (Fsp3) is 0.346. The van der Waals surface area contributed by atoms with E-state index in [0.717, 1.165) is 22.3 Å². The molecule has 6 heteroatoms. The van der Waals surface area contributed by atoms with Gasteiger partial charge in [0, 0.05) is 11.3 Å². The molecule has 2 heterocycles. The van der Waals surface area contributed by atoms with Crippen molar-refractivity contribution in [1.29, 1.82) is 0 Å². The summed E-state index contributed by atoms with van der Waals surface area (Å²) < 4.78 is 8.00. The van der Waals surface area contributed by atoms with Crippen LogP contribution in [0.5, 0.6) is 0 Å². The van der Waals surface area contributed by atoms with Gasteiger partial charge in [0.25, 0.3) is 0 Å². The average molecular weight is 432 g/mol. The van der Waals surface area contributed by atoms with E-state index in [4.69, 9.17) is 9.72 Å². The number of ether oxygens (including phenoxy) is 1. The Morgan fingerprint density at radius 1 is 1.03 bits per heavy atom. The topological polar surface area (TPSA) is 76.7 Å². The van der Waals surface area contributed by atoms with Crippen LogP contribution in [0.4, 0.5) is 0 Å². The van der Waals surface area contributed by atoms with Crippen molar-refractivity contribution < 1.29 is 14.6 Å². The number of imidazole rings is 1. The van der Waals surface area contributed by atoms with Crippen molar-refractivity contribution in [2.24, 2.45) is 0 Å². The Morgan fingerprint density at radius 2 is 1.69 bits per heavy atom. The summed E-state index contributed by atoms with van der Waals surface area (Å²) in [4.78, 5) is 21.8. The molecule has 0 radical (unpaired) electrons. The summed E-state index contributed by atoms with van der Waals surface area (Å²) in [5.74, 6) is -0.114. The Labute approximate surface area is 187 Å². The Balaban J connectivity index is 2.11. The minimum atomic E-state index is -1.17. The molecule has 2 aromatic carbocycles. The average Bonchev–Trinajstić information content (AvgIpc) is 3.08. The number of hydrogen-bond donors (Lipinski definition) is 1. The van der Waals surface area contributed by atoms with Gasteiger partial charge in [-0.1, -0.05) is 50.2 Å². The monoisotopic (exact) mass is 431 g/mol. The van der Waals surface area contributed by atoms with Crippen LogP contribution in [0.25, 0.3) is 28.1 Å². The van der Waals surface area contributed by atoms with Gasteiger partial charge in [-0.3, -0.25) is 4.40 Å². The first-order valence-corrected chi connectivity index (χ1v) is 10.9. The maximum Gasteiger partial charge on any atom is 0.337 e. The van der Waals surface area contributed by atoms with Crippen molar-refractivity contribution in [2.45, 2.75) is 59.2 Å². The lowest BCUT2D eigenvalue weighted by atomic mass is 9.96. The van der Waals surface area contributed by atoms with Crippen molar-refractivity contribution in [2.75, 3.05) is 0 Å². The Bertz CT molecular complexity index is 1300. The molecule has 0 aliphatic heterocycles. The SMILES string of the molecule is Cc1nc2nc3ccccc3n2c(-c2ccc(C(C)C)cc2)c1C(OC(C)(C)C)C(=O)O. The Kier molecular flexibility index (Phi) is 5.51. The fourth-order valence-corrected chi connectivity index (χ4v) is 4.02. The maximum atomic E-state index is 12.4. The number of aliphatic carboxylic acids is 1. The quantitative estimate of drug-likeness (QED) is 0.424. The van der Waals surface area contributed by atoms with Gasteiger partial charge in [0.1, 0.15) is 0 Å². The Morgan fingerprint density at radius 3 is 2.28 bits per heavy atom. The first-order chi connectivity index (χ1) is 15.1. The lowest BCUT2D eigenvalue weighted by molar-refractivity contribution is -0.160. The van der Waals surface area contributed by atoms with Crippen molar-refractivity contribution in [1.82, 2.24) is 14.4 Å². The molecule has 1 N–H and O–H groups in total. The van der Waals surface area contributed by atoms with Crippen LogP contribution in [0.15, 0.2) is 48.5 Å². The second kappa shape index (κ2) is 8.02. The van der Waals surface area contributed by atoms with Crippen LogP contribution in [0.3, 0.4) is 0 Å². The van der Waals surface area contributed by atoms with Crippen LogP contribution in [0, 0.1) is 6.92 Å². The molecule has 32 heavy (non-hydrogen) atoms. The molecule has 0 saturated carbocycles. The predicted octanol–water partition coefficient (Wildman–Crippen LogP) is 5.92. The molecular weight excluding hydrogens is 402 g/mol. The van der Waals surface area contributed by atoms with E-state index < -0.39 is 17.7 Å². The van der Waals surface area contributed by atoms with Crippen LogP contribution in [-0.4, -0.2) is 31.0 Å². The van der Waals surface area contributed by atoms with E-state index in [1.54, 1.807) is 0 Å². The smallest absolute Gasteiger partial charge is 0.337 e. The third-order valence-corrected chi connectivity index (χ3v) is 5.49. The third-order valence-electron chi connectivity index (χ3n) is 5.49. The summed E-state index contributed by atoms with van der Waals surface area (Å²) in [6, 6.07) is 16.0. The molecule has 4 rings (SSSR count). The summed E-state index contributed by atoms with van der Waals surface area (Å²) in [6.45, 7) is 11.7. The highest BCUT2D eigenvalue weighted by Gasteiger charge is 2.33. The molecule has 4 aromatic rings. The number of fused-ring (bicyclic) bond motifs is 3. The van der Waals surface area contributed by atoms with Gasteiger partial charge in [0.15, 0.2) is 6.10 Å². The van der Waals surface area contributed by atoms with Gasteiger partial charge in [0.2, 0.25) is 5.78 Å². The first kappa shape index (κ1) is 22.0. The molecule has 1 atom stereocenters. The van der Waals surface area contributed by atoms with Crippen LogP contribution < -0.4 is 0 Å². The second-order valence-electron chi connectivity index (χ2n) is 9.42. The Hall–Kier alpha value is -3.25. The summed E-state index contributed by atoms with van der Waals surface area (Å²) in [7, 11) is 0. The van der Waals surface area contributed by atoms with Gasteiger partial charge in [0.05, 0.1) is 22.3 Å². The lowest BCUT2D eigenvalue weighted by Crippen LogP contribution is -2.29. The van der Waals surface area contributed by atoms with E-state index in [9.17, 15) is 9.90 Å². The number of para-hydroxylation sites is 2. The number of carboxylic acid groups (broad SMARTS) is 1. The van der Waals surface area contributed by atoms with Gasteiger partial charge >= 0.3 is 5.97 Å². The number of aromatic nitrogens is 3. The molecule has 166 valence electrons. The van der Waals surface area contributed by atoms with Gasteiger partial charge in [-0.2, -0.15) is 0 Å². The number of rotatable bonds is 5. The summed E-state index contributed by atoms with van der Waals surface area (Å²) in [5, 5.41) is 10.2. The van der Waals surface area contributed by atoms with Gasteiger partial charge in [-0.15, -0.1) is 0 Å². The highest BCUT2D eigenvalue weighted by atomic mass is 16.5. The molecule has 0 saturated heterocycles. The van der Waals surface area contributed by atoms with E-state index in [1.165, 1.54) is 5.56 Å². The minimum absolute atomic E-state index is 0.396. The van der Waals surface area contributed by atoms with Crippen molar-refractivity contribution in [3.63, 3.8) is 0 Å². The molecule has 0 aliphatic carbocycles. The number of carbonyl (C=O) groups is 1. The highest BCUT2D eigenvalue weighted by molar-refractivity contribution is 5.86. The van der Waals surface area contributed by atoms with Crippen LogP contribution >= 0.6 is 0 Å². The van der Waals surface area contributed by atoms with Crippen LogP contribution in [0.1, 0.15) is 63.5 Å². The number of aryl methyl sites for hydroxylation is 1. The zero-order valence-electron chi connectivity index (χ0n) is 19.4. The molecule has 0 bridgehead atoms. The molecule has 2 aromatic heterocycles.